The summed E-state index contributed by atoms with van der Waals surface area (Å²) in [7, 11) is 0. The molecule has 2 aliphatic heterocycles. The summed E-state index contributed by atoms with van der Waals surface area (Å²) in [4.78, 5) is 20.0. The maximum atomic E-state index is 12.7. The molecule has 0 aromatic carbocycles. The van der Waals surface area contributed by atoms with Gasteiger partial charge >= 0.3 is 0 Å². The molecule has 2 aromatic rings. The Morgan fingerprint density at radius 2 is 2.12 bits per heavy atom. The third-order valence-corrected chi connectivity index (χ3v) is 6.94. The molecule has 0 aliphatic carbocycles. The van der Waals surface area contributed by atoms with Crippen molar-refractivity contribution in [3.63, 3.8) is 0 Å². The maximum absolute atomic E-state index is 12.7. The van der Waals surface area contributed by atoms with Gasteiger partial charge in [0, 0.05) is 18.5 Å². The van der Waals surface area contributed by atoms with Gasteiger partial charge in [0.2, 0.25) is 0 Å². The molecular weight excluding hydrogens is 360 g/mol. The SMILES string of the molecule is O=C(c1csc(-c2cccs2)n1)N1CCC2(CC1)OCC[C@H](O)[C@@H]2O. The predicted octanol–water partition coefficient (Wildman–Crippen LogP) is 1.99. The number of hydrogen-bond acceptors (Lipinski definition) is 7. The number of hydrogen-bond donors (Lipinski definition) is 2. The number of aromatic nitrogens is 1. The highest BCUT2D eigenvalue weighted by Crippen LogP contribution is 2.36. The number of carbonyl (C=O) groups is 1. The Hall–Kier alpha value is -1.32. The Morgan fingerprint density at radius 3 is 2.84 bits per heavy atom. The number of thiazole rings is 1. The highest BCUT2D eigenvalue weighted by atomic mass is 32.1. The van der Waals surface area contributed by atoms with Gasteiger partial charge in [-0.25, -0.2) is 4.98 Å². The fraction of sp³-hybridized carbons (Fsp3) is 0.529. The summed E-state index contributed by atoms with van der Waals surface area (Å²) in [5, 5.41) is 24.9. The van der Waals surface area contributed by atoms with Crippen molar-refractivity contribution in [2.24, 2.45) is 0 Å². The van der Waals surface area contributed by atoms with Crippen molar-refractivity contribution in [3.8, 4) is 9.88 Å². The molecule has 2 fully saturated rings. The van der Waals surface area contributed by atoms with Crippen molar-refractivity contribution in [1.82, 2.24) is 9.88 Å². The zero-order chi connectivity index (χ0) is 17.4. The van der Waals surface area contributed by atoms with E-state index in [2.05, 4.69) is 4.98 Å². The summed E-state index contributed by atoms with van der Waals surface area (Å²) in [6.07, 6.45) is -0.126. The standard InChI is InChI=1S/C17H20N2O4S2/c20-12-3-8-23-17(14(12)21)4-6-19(7-5-17)16(22)11-10-25-15(18-11)13-2-1-9-24-13/h1-2,9-10,12,14,20-21H,3-8H2/t12-,14-/m0/s1. The molecule has 25 heavy (non-hydrogen) atoms. The quantitative estimate of drug-likeness (QED) is 0.833. The number of carbonyl (C=O) groups excluding carboxylic acids is 1. The highest BCUT2D eigenvalue weighted by molar-refractivity contribution is 7.20. The van der Waals surface area contributed by atoms with Crippen LogP contribution in [0.15, 0.2) is 22.9 Å². The van der Waals surface area contributed by atoms with E-state index in [1.165, 1.54) is 11.3 Å². The summed E-state index contributed by atoms with van der Waals surface area (Å²) in [6.45, 7) is 1.44. The van der Waals surface area contributed by atoms with Crippen LogP contribution in [0, 0.1) is 0 Å². The first-order chi connectivity index (χ1) is 12.1. The van der Waals surface area contributed by atoms with E-state index in [0.29, 0.717) is 44.7 Å². The molecule has 1 amide bonds. The number of ether oxygens (including phenoxy) is 1. The van der Waals surface area contributed by atoms with Crippen LogP contribution < -0.4 is 0 Å². The van der Waals surface area contributed by atoms with E-state index >= 15 is 0 Å². The van der Waals surface area contributed by atoms with Crippen LogP contribution in [0.2, 0.25) is 0 Å². The van der Waals surface area contributed by atoms with Crippen LogP contribution in [-0.2, 0) is 4.74 Å². The van der Waals surface area contributed by atoms with E-state index in [1.807, 2.05) is 17.5 Å². The first-order valence-electron chi connectivity index (χ1n) is 8.38. The molecular formula is C17H20N2O4S2. The minimum atomic E-state index is -0.886. The fourth-order valence-corrected chi connectivity index (χ4v) is 5.16. The van der Waals surface area contributed by atoms with Gasteiger partial charge in [0.15, 0.2) is 0 Å². The zero-order valence-corrected chi connectivity index (χ0v) is 15.3. The van der Waals surface area contributed by atoms with Crippen molar-refractivity contribution in [3.05, 3.63) is 28.6 Å². The minimum absolute atomic E-state index is 0.0836. The van der Waals surface area contributed by atoms with Crippen LogP contribution in [0.1, 0.15) is 29.8 Å². The zero-order valence-electron chi connectivity index (χ0n) is 13.6. The van der Waals surface area contributed by atoms with Crippen LogP contribution >= 0.6 is 22.7 Å². The molecule has 1 spiro atoms. The molecule has 2 atom stereocenters. The smallest absolute Gasteiger partial charge is 0.273 e. The molecule has 4 rings (SSSR count). The van der Waals surface area contributed by atoms with Crippen molar-refractivity contribution in [2.75, 3.05) is 19.7 Å². The second kappa shape index (κ2) is 6.77. The van der Waals surface area contributed by atoms with Crippen molar-refractivity contribution >= 4 is 28.6 Å². The van der Waals surface area contributed by atoms with Crippen molar-refractivity contribution in [2.45, 2.75) is 37.1 Å². The van der Waals surface area contributed by atoms with Gasteiger partial charge in [-0.15, -0.1) is 22.7 Å². The highest BCUT2D eigenvalue weighted by Gasteiger charge is 2.48. The van der Waals surface area contributed by atoms with Gasteiger partial charge < -0.3 is 19.8 Å². The lowest BCUT2D eigenvalue weighted by Crippen LogP contribution is -2.60. The molecule has 0 saturated carbocycles. The molecule has 134 valence electrons. The monoisotopic (exact) mass is 380 g/mol. The van der Waals surface area contributed by atoms with Gasteiger partial charge in [0.05, 0.1) is 23.2 Å². The number of piperidine rings is 1. The predicted molar refractivity (Wildman–Crippen MR) is 95.9 cm³/mol. The average Bonchev–Trinajstić information content (AvgIpc) is 3.31. The molecule has 0 radical (unpaired) electrons. The van der Waals surface area contributed by atoms with Crippen LogP contribution in [0.4, 0.5) is 0 Å². The van der Waals surface area contributed by atoms with E-state index in [0.717, 1.165) is 9.88 Å². The number of aliphatic hydroxyl groups is 2. The summed E-state index contributed by atoms with van der Waals surface area (Å²) < 4.78 is 5.82. The van der Waals surface area contributed by atoms with Gasteiger partial charge in [-0.3, -0.25) is 4.79 Å². The van der Waals surface area contributed by atoms with Gasteiger partial charge in [-0.05, 0) is 30.7 Å². The van der Waals surface area contributed by atoms with Gasteiger partial charge in [-0.1, -0.05) is 6.07 Å². The number of aliphatic hydroxyl groups excluding tert-OH is 2. The Morgan fingerprint density at radius 1 is 1.32 bits per heavy atom. The summed E-state index contributed by atoms with van der Waals surface area (Å²) in [6, 6.07) is 3.96. The van der Waals surface area contributed by atoms with Gasteiger partial charge in [0.25, 0.3) is 5.91 Å². The molecule has 2 aliphatic rings. The lowest BCUT2D eigenvalue weighted by molar-refractivity contribution is -0.212. The first kappa shape index (κ1) is 17.1. The molecule has 4 heterocycles. The molecule has 2 saturated heterocycles. The van der Waals surface area contributed by atoms with Crippen molar-refractivity contribution < 1.29 is 19.7 Å². The Kier molecular flexibility index (Phi) is 4.63. The van der Waals surface area contributed by atoms with Gasteiger partial charge in [-0.2, -0.15) is 0 Å². The second-order valence-electron chi connectivity index (χ2n) is 6.52. The molecule has 6 nitrogen and oxygen atoms in total. The third kappa shape index (κ3) is 3.13. The maximum Gasteiger partial charge on any atom is 0.273 e. The topological polar surface area (TPSA) is 82.9 Å². The second-order valence-corrected chi connectivity index (χ2v) is 8.33. The van der Waals surface area contributed by atoms with E-state index in [4.69, 9.17) is 4.74 Å². The van der Waals surface area contributed by atoms with E-state index in [1.54, 1.807) is 21.6 Å². The number of nitrogens with zero attached hydrogens (tertiary/aromatic N) is 2. The summed E-state index contributed by atoms with van der Waals surface area (Å²) in [5.41, 5.74) is -0.256. The molecule has 0 bridgehead atoms. The fourth-order valence-electron chi connectivity index (χ4n) is 3.55. The van der Waals surface area contributed by atoms with Gasteiger partial charge in [0.1, 0.15) is 16.8 Å². The van der Waals surface area contributed by atoms with E-state index < -0.39 is 17.8 Å². The molecule has 0 unspecified atom stereocenters. The van der Waals surface area contributed by atoms with Crippen LogP contribution in [0.5, 0.6) is 0 Å². The largest absolute Gasteiger partial charge is 0.390 e. The van der Waals surface area contributed by atoms with E-state index in [9.17, 15) is 15.0 Å². The summed E-state index contributed by atoms with van der Waals surface area (Å²) >= 11 is 3.08. The third-order valence-electron chi connectivity index (χ3n) is 5.06. The summed E-state index contributed by atoms with van der Waals surface area (Å²) in [5.74, 6) is -0.0836. The minimum Gasteiger partial charge on any atom is -0.390 e. The number of rotatable bonds is 2. The lowest BCUT2D eigenvalue weighted by Gasteiger charge is -2.48. The Labute approximate surface area is 153 Å². The lowest BCUT2D eigenvalue weighted by atomic mass is 9.80. The molecule has 8 heteroatoms. The molecule has 2 aromatic heterocycles. The normalized spacial score (nSPS) is 26.1. The van der Waals surface area contributed by atoms with Crippen molar-refractivity contribution in [1.29, 1.82) is 0 Å². The first-order valence-corrected chi connectivity index (χ1v) is 10.1. The molecule has 2 N–H and O–H groups in total. The average molecular weight is 380 g/mol. The van der Waals surface area contributed by atoms with E-state index in [-0.39, 0.29) is 5.91 Å². The number of likely N-dealkylation sites (tertiary alicyclic amines) is 1. The van der Waals surface area contributed by atoms with Crippen LogP contribution in [0.3, 0.4) is 0 Å². The van der Waals surface area contributed by atoms with Crippen LogP contribution in [-0.4, -0.2) is 63.5 Å². The number of amides is 1. The Bertz CT molecular complexity index is 738. The van der Waals surface area contributed by atoms with Crippen LogP contribution in [0.25, 0.3) is 9.88 Å². The Balaban J connectivity index is 1.43. The number of thiophene rings is 1.